The van der Waals surface area contributed by atoms with E-state index in [9.17, 15) is 19.8 Å². The maximum atomic E-state index is 11.3. The third-order valence-corrected chi connectivity index (χ3v) is 2.92. The molecule has 21 heavy (non-hydrogen) atoms. The molecule has 0 fully saturated rings. The van der Waals surface area contributed by atoms with Crippen LogP contribution in [0.2, 0.25) is 0 Å². The highest BCUT2D eigenvalue weighted by Crippen LogP contribution is 2.27. The van der Waals surface area contributed by atoms with Crippen LogP contribution in [-0.4, -0.2) is 44.9 Å². The number of aromatic nitrogens is 1. The Hall–Kier alpha value is -2.67. The van der Waals surface area contributed by atoms with Gasteiger partial charge in [-0.1, -0.05) is 0 Å². The van der Waals surface area contributed by atoms with Gasteiger partial charge in [0, 0.05) is 18.1 Å². The molecule has 0 aliphatic rings. The fourth-order valence-electron chi connectivity index (χ4n) is 1.93. The van der Waals surface area contributed by atoms with Crippen LogP contribution in [0.1, 0.15) is 27.6 Å². The normalized spacial score (nSPS) is 12.1. The molecule has 0 spiro atoms. The third kappa shape index (κ3) is 3.09. The number of fused-ring (bicyclic) bond motifs is 1. The number of anilines is 1. The van der Waals surface area contributed by atoms with Gasteiger partial charge in [-0.25, -0.2) is 9.59 Å². The van der Waals surface area contributed by atoms with E-state index in [-0.39, 0.29) is 23.4 Å². The summed E-state index contributed by atoms with van der Waals surface area (Å²) in [6, 6.07) is 4.27. The maximum absolute atomic E-state index is 11.3. The zero-order chi connectivity index (χ0) is 15.6. The van der Waals surface area contributed by atoms with E-state index in [1.807, 2.05) is 0 Å². The minimum Gasteiger partial charge on any atom is -0.478 e. The minimum atomic E-state index is -1.18. The third-order valence-electron chi connectivity index (χ3n) is 2.92. The summed E-state index contributed by atoms with van der Waals surface area (Å²) in [5.41, 5.74) is 0.673. The van der Waals surface area contributed by atoms with Crippen molar-refractivity contribution in [2.45, 2.75) is 13.0 Å². The smallest absolute Gasteiger partial charge is 0.339 e. The van der Waals surface area contributed by atoms with Crippen LogP contribution in [-0.2, 0) is 0 Å². The molecule has 0 aliphatic carbocycles. The number of aromatic carboxylic acids is 2. The number of rotatable bonds is 5. The number of nitrogens with zero attached hydrogens (tertiary/aromatic N) is 1. The molecular weight excluding hydrogens is 276 g/mol. The molecule has 0 saturated heterocycles. The first kappa shape index (κ1) is 14.7. The van der Waals surface area contributed by atoms with Crippen molar-refractivity contribution < 1.29 is 24.9 Å². The molecule has 1 aromatic heterocycles. The predicted octanol–water partition coefficient (Wildman–Crippen LogP) is 1.42. The van der Waals surface area contributed by atoms with Crippen molar-refractivity contribution in [1.82, 2.24) is 4.98 Å². The van der Waals surface area contributed by atoms with Gasteiger partial charge in [0.2, 0.25) is 0 Å². The molecule has 0 aliphatic heterocycles. The van der Waals surface area contributed by atoms with Crippen molar-refractivity contribution in [3.05, 3.63) is 35.5 Å². The summed E-state index contributed by atoms with van der Waals surface area (Å²) in [6.45, 7) is 1.69. The second-order valence-corrected chi connectivity index (χ2v) is 4.62. The summed E-state index contributed by atoms with van der Waals surface area (Å²) in [4.78, 5) is 26.3. The van der Waals surface area contributed by atoms with Gasteiger partial charge in [-0.3, -0.25) is 4.98 Å². The van der Waals surface area contributed by atoms with Crippen molar-refractivity contribution in [1.29, 1.82) is 0 Å². The molecule has 7 nitrogen and oxygen atoms in total. The van der Waals surface area contributed by atoms with Crippen molar-refractivity contribution in [2.24, 2.45) is 0 Å². The minimum absolute atomic E-state index is 0.0342. The zero-order valence-electron chi connectivity index (χ0n) is 11.2. The highest BCUT2D eigenvalue weighted by molar-refractivity contribution is 6.06. The molecule has 1 heterocycles. The van der Waals surface area contributed by atoms with Gasteiger partial charge >= 0.3 is 11.9 Å². The number of nitrogens with one attached hydrogen (secondary N) is 1. The first-order chi connectivity index (χ1) is 9.90. The molecule has 0 saturated carbocycles. The van der Waals surface area contributed by atoms with Crippen molar-refractivity contribution in [2.75, 3.05) is 11.9 Å². The molecule has 1 atom stereocenters. The van der Waals surface area contributed by atoms with Gasteiger partial charge in [0.15, 0.2) is 0 Å². The van der Waals surface area contributed by atoms with Crippen LogP contribution in [0.5, 0.6) is 0 Å². The average molecular weight is 290 g/mol. The van der Waals surface area contributed by atoms with Crippen LogP contribution in [0.3, 0.4) is 0 Å². The highest BCUT2D eigenvalue weighted by atomic mass is 16.4. The van der Waals surface area contributed by atoms with Gasteiger partial charge in [-0.05, 0) is 25.1 Å². The number of pyridine rings is 1. The number of aliphatic hydroxyl groups excluding tert-OH is 1. The number of carboxylic acids is 2. The molecule has 7 heteroatoms. The Morgan fingerprint density at radius 1 is 1.29 bits per heavy atom. The van der Waals surface area contributed by atoms with Crippen molar-refractivity contribution in [3.8, 4) is 0 Å². The van der Waals surface area contributed by atoms with Crippen LogP contribution in [0.25, 0.3) is 10.9 Å². The number of carbonyl (C=O) groups is 2. The summed E-state index contributed by atoms with van der Waals surface area (Å²) < 4.78 is 0. The Morgan fingerprint density at radius 2 is 2.00 bits per heavy atom. The van der Waals surface area contributed by atoms with Crippen LogP contribution in [0.4, 0.5) is 5.69 Å². The number of hydrogen-bond donors (Lipinski definition) is 4. The van der Waals surface area contributed by atoms with E-state index >= 15 is 0 Å². The molecular formula is C14H14N2O5. The predicted molar refractivity (Wildman–Crippen MR) is 75.8 cm³/mol. The highest BCUT2D eigenvalue weighted by Gasteiger charge is 2.16. The standard InChI is InChI=1S/C14H14N2O5/c1-7(17)5-16-12-9-4-8(13(18)19)2-3-11(9)15-6-10(12)14(20)21/h2-4,6-7,17H,5H2,1H3,(H,15,16)(H,18,19)(H,20,21). The van der Waals surface area contributed by atoms with Crippen molar-refractivity contribution in [3.63, 3.8) is 0 Å². The van der Waals surface area contributed by atoms with Crippen LogP contribution >= 0.6 is 0 Å². The SMILES string of the molecule is CC(O)CNc1c(C(=O)O)cnc2ccc(C(=O)O)cc12. The second kappa shape index (κ2) is 5.76. The van der Waals surface area contributed by atoms with Crippen LogP contribution in [0, 0.1) is 0 Å². The molecule has 2 aromatic rings. The quantitative estimate of drug-likeness (QED) is 0.657. The van der Waals surface area contributed by atoms with E-state index in [2.05, 4.69) is 10.3 Å². The van der Waals surface area contributed by atoms with Gasteiger partial charge in [-0.2, -0.15) is 0 Å². The monoisotopic (exact) mass is 290 g/mol. The van der Waals surface area contributed by atoms with Gasteiger partial charge in [0.25, 0.3) is 0 Å². The number of hydrogen-bond acceptors (Lipinski definition) is 5. The molecule has 0 amide bonds. The van der Waals surface area contributed by atoms with E-state index in [4.69, 9.17) is 5.11 Å². The molecule has 0 bridgehead atoms. The molecule has 4 N–H and O–H groups in total. The van der Waals surface area contributed by atoms with Gasteiger partial charge in [0.1, 0.15) is 5.56 Å². The Kier molecular flexibility index (Phi) is 4.04. The lowest BCUT2D eigenvalue weighted by Gasteiger charge is -2.14. The topological polar surface area (TPSA) is 120 Å². The Balaban J connectivity index is 2.65. The van der Waals surface area contributed by atoms with E-state index in [0.717, 1.165) is 0 Å². The van der Waals surface area contributed by atoms with Gasteiger partial charge < -0.3 is 20.6 Å². The van der Waals surface area contributed by atoms with E-state index in [0.29, 0.717) is 10.9 Å². The summed E-state index contributed by atoms with van der Waals surface area (Å²) >= 11 is 0. The first-order valence-electron chi connectivity index (χ1n) is 6.21. The van der Waals surface area contributed by atoms with E-state index < -0.39 is 18.0 Å². The molecule has 1 unspecified atom stereocenters. The van der Waals surface area contributed by atoms with Crippen LogP contribution in [0.15, 0.2) is 24.4 Å². The fourth-order valence-corrected chi connectivity index (χ4v) is 1.93. The second-order valence-electron chi connectivity index (χ2n) is 4.62. The molecule has 1 aromatic carbocycles. The molecule has 0 radical (unpaired) electrons. The maximum Gasteiger partial charge on any atom is 0.339 e. The zero-order valence-corrected chi connectivity index (χ0v) is 11.2. The summed E-state index contributed by atoms with van der Waals surface area (Å²) in [5, 5.41) is 30.8. The average Bonchev–Trinajstić information content (AvgIpc) is 2.43. The lowest BCUT2D eigenvalue weighted by Crippen LogP contribution is -2.17. The largest absolute Gasteiger partial charge is 0.478 e. The van der Waals surface area contributed by atoms with Gasteiger partial charge in [-0.15, -0.1) is 0 Å². The summed E-state index contributed by atoms with van der Waals surface area (Å²) in [7, 11) is 0. The van der Waals surface area contributed by atoms with Crippen molar-refractivity contribution >= 4 is 28.5 Å². The summed E-state index contributed by atoms with van der Waals surface area (Å²) in [6.07, 6.45) is 0.521. The van der Waals surface area contributed by atoms with E-state index in [1.165, 1.54) is 24.4 Å². The summed E-state index contributed by atoms with van der Waals surface area (Å²) in [5.74, 6) is -2.29. The number of aliphatic hydroxyl groups is 1. The number of benzene rings is 1. The lowest BCUT2D eigenvalue weighted by atomic mass is 10.1. The first-order valence-corrected chi connectivity index (χ1v) is 6.21. The Labute approximate surface area is 119 Å². The fraction of sp³-hybridized carbons (Fsp3) is 0.214. The van der Waals surface area contributed by atoms with E-state index in [1.54, 1.807) is 6.92 Å². The Bertz CT molecular complexity index is 707. The van der Waals surface area contributed by atoms with Gasteiger partial charge in [0.05, 0.1) is 22.9 Å². The van der Waals surface area contributed by atoms with Crippen LogP contribution < -0.4 is 5.32 Å². The molecule has 2 rings (SSSR count). The lowest BCUT2D eigenvalue weighted by molar-refractivity contribution is 0.0687. The Morgan fingerprint density at radius 3 is 2.57 bits per heavy atom. The number of carboxylic acid groups (broad SMARTS) is 2. The molecule has 110 valence electrons.